The Hall–Kier alpha value is -2.34. The summed E-state index contributed by atoms with van der Waals surface area (Å²) in [6.45, 7) is 5.27. The SMILES string of the molecule is Cc1ccc(OCC(=O)NC2CCN(C(=O)c3ccc(Br)cc3)CC2)c(C)c1. The highest BCUT2D eigenvalue weighted by molar-refractivity contribution is 9.10. The zero-order chi connectivity index (χ0) is 20.1. The van der Waals surface area contributed by atoms with Crippen LogP contribution in [0.25, 0.3) is 0 Å². The molecule has 2 aromatic carbocycles. The number of likely N-dealkylation sites (tertiary alicyclic amines) is 1. The van der Waals surface area contributed by atoms with Gasteiger partial charge in [0.25, 0.3) is 11.8 Å². The first-order valence-corrected chi connectivity index (χ1v) is 10.3. The topological polar surface area (TPSA) is 58.6 Å². The maximum Gasteiger partial charge on any atom is 0.258 e. The molecule has 1 fully saturated rings. The number of halogens is 1. The molecule has 1 aliphatic heterocycles. The number of carbonyl (C=O) groups is 2. The van der Waals surface area contributed by atoms with Crippen LogP contribution in [-0.2, 0) is 4.79 Å². The van der Waals surface area contributed by atoms with Gasteiger partial charge in [-0.05, 0) is 62.6 Å². The second-order valence-corrected chi connectivity index (χ2v) is 8.11. The van der Waals surface area contributed by atoms with Gasteiger partial charge in [-0.15, -0.1) is 0 Å². The number of ether oxygens (including phenoxy) is 1. The van der Waals surface area contributed by atoms with Crippen LogP contribution in [0.5, 0.6) is 5.75 Å². The van der Waals surface area contributed by atoms with Crippen LogP contribution >= 0.6 is 15.9 Å². The fraction of sp³-hybridized carbons (Fsp3) is 0.364. The van der Waals surface area contributed by atoms with Crippen molar-refractivity contribution in [3.8, 4) is 5.75 Å². The minimum absolute atomic E-state index is 0.00192. The molecule has 1 saturated heterocycles. The summed E-state index contributed by atoms with van der Waals surface area (Å²) in [4.78, 5) is 26.6. The van der Waals surface area contributed by atoms with Crippen LogP contribution in [0.3, 0.4) is 0 Å². The second-order valence-electron chi connectivity index (χ2n) is 7.20. The molecule has 3 rings (SSSR count). The normalized spacial score (nSPS) is 14.6. The van der Waals surface area contributed by atoms with Crippen LogP contribution in [0, 0.1) is 13.8 Å². The summed E-state index contributed by atoms with van der Waals surface area (Å²) in [5.41, 5.74) is 2.87. The average molecular weight is 445 g/mol. The van der Waals surface area contributed by atoms with Crippen LogP contribution in [0.4, 0.5) is 0 Å². The molecular weight excluding hydrogens is 420 g/mol. The maximum atomic E-state index is 12.6. The van der Waals surface area contributed by atoms with Crippen molar-refractivity contribution in [1.29, 1.82) is 0 Å². The van der Waals surface area contributed by atoms with Gasteiger partial charge >= 0.3 is 0 Å². The van der Waals surface area contributed by atoms with Gasteiger partial charge in [0.15, 0.2) is 6.61 Å². The molecule has 1 N–H and O–H groups in total. The molecule has 2 aromatic rings. The van der Waals surface area contributed by atoms with Crippen molar-refractivity contribution in [1.82, 2.24) is 10.2 Å². The van der Waals surface area contributed by atoms with Gasteiger partial charge in [0, 0.05) is 29.2 Å². The second kappa shape index (κ2) is 9.24. The number of nitrogens with one attached hydrogen (secondary N) is 1. The molecule has 1 aliphatic rings. The van der Waals surface area contributed by atoms with Crippen molar-refractivity contribution in [2.45, 2.75) is 32.7 Å². The molecule has 2 amide bonds. The van der Waals surface area contributed by atoms with E-state index in [0.29, 0.717) is 18.7 Å². The number of rotatable bonds is 5. The smallest absolute Gasteiger partial charge is 0.258 e. The molecule has 148 valence electrons. The van der Waals surface area contributed by atoms with Crippen molar-refractivity contribution in [2.75, 3.05) is 19.7 Å². The molecular formula is C22H25BrN2O3. The van der Waals surface area contributed by atoms with Gasteiger partial charge in [0.05, 0.1) is 0 Å². The van der Waals surface area contributed by atoms with Gasteiger partial charge in [-0.3, -0.25) is 9.59 Å². The summed E-state index contributed by atoms with van der Waals surface area (Å²) in [5, 5.41) is 3.02. The fourth-order valence-electron chi connectivity index (χ4n) is 3.38. The van der Waals surface area contributed by atoms with Crippen molar-refractivity contribution in [3.05, 3.63) is 63.6 Å². The number of piperidine rings is 1. The Morgan fingerprint density at radius 2 is 1.79 bits per heavy atom. The third kappa shape index (κ3) is 5.35. The van der Waals surface area contributed by atoms with E-state index < -0.39 is 0 Å². The Labute approximate surface area is 174 Å². The van der Waals surface area contributed by atoms with Crippen LogP contribution in [-0.4, -0.2) is 42.5 Å². The Morgan fingerprint density at radius 3 is 2.43 bits per heavy atom. The lowest BCUT2D eigenvalue weighted by molar-refractivity contribution is -0.124. The van der Waals surface area contributed by atoms with E-state index in [1.54, 1.807) is 0 Å². The molecule has 28 heavy (non-hydrogen) atoms. The summed E-state index contributed by atoms with van der Waals surface area (Å²) in [6, 6.07) is 13.4. The molecule has 0 aromatic heterocycles. The largest absolute Gasteiger partial charge is 0.484 e. The van der Waals surface area contributed by atoms with E-state index in [0.717, 1.165) is 28.6 Å². The minimum atomic E-state index is -0.127. The van der Waals surface area contributed by atoms with Gasteiger partial charge in [0.1, 0.15) is 5.75 Å². The number of aryl methyl sites for hydroxylation is 2. The third-order valence-electron chi connectivity index (χ3n) is 4.93. The van der Waals surface area contributed by atoms with E-state index in [-0.39, 0.29) is 24.5 Å². The van der Waals surface area contributed by atoms with Crippen LogP contribution in [0.2, 0.25) is 0 Å². The van der Waals surface area contributed by atoms with Gasteiger partial charge in [-0.1, -0.05) is 33.6 Å². The molecule has 1 heterocycles. The third-order valence-corrected chi connectivity index (χ3v) is 5.46. The van der Waals surface area contributed by atoms with Crippen LogP contribution in [0.15, 0.2) is 46.9 Å². The van der Waals surface area contributed by atoms with Crippen molar-refractivity contribution < 1.29 is 14.3 Å². The summed E-state index contributed by atoms with van der Waals surface area (Å²) in [7, 11) is 0. The van der Waals surface area contributed by atoms with Crippen LogP contribution in [0.1, 0.15) is 34.3 Å². The molecule has 0 radical (unpaired) electrons. The Bertz CT molecular complexity index is 843. The van der Waals surface area contributed by atoms with Crippen molar-refractivity contribution >= 4 is 27.7 Å². The lowest BCUT2D eigenvalue weighted by Crippen LogP contribution is -2.47. The quantitative estimate of drug-likeness (QED) is 0.761. The van der Waals surface area contributed by atoms with Crippen LogP contribution < -0.4 is 10.1 Å². The molecule has 0 spiro atoms. The first-order chi connectivity index (χ1) is 13.4. The number of carbonyl (C=O) groups excluding carboxylic acids is 2. The zero-order valence-corrected chi connectivity index (χ0v) is 17.8. The monoisotopic (exact) mass is 444 g/mol. The predicted octanol–water partition coefficient (Wildman–Crippen LogP) is 3.87. The molecule has 0 saturated carbocycles. The van der Waals surface area contributed by atoms with Gasteiger partial charge in [-0.2, -0.15) is 0 Å². The first kappa shape index (κ1) is 20.4. The average Bonchev–Trinajstić information content (AvgIpc) is 2.68. The standard InChI is InChI=1S/C22H25BrN2O3/c1-15-3-8-20(16(2)13-15)28-14-21(26)24-19-9-11-25(12-10-19)22(27)17-4-6-18(23)7-5-17/h3-8,13,19H,9-12,14H2,1-2H3,(H,24,26). The molecule has 0 unspecified atom stereocenters. The molecule has 0 bridgehead atoms. The van der Waals surface area contributed by atoms with Gasteiger partial charge in [0.2, 0.25) is 0 Å². The van der Waals surface area contributed by atoms with E-state index in [9.17, 15) is 9.59 Å². The molecule has 6 heteroatoms. The summed E-state index contributed by atoms with van der Waals surface area (Å²) in [6.07, 6.45) is 1.50. The highest BCUT2D eigenvalue weighted by Crippen LogP contribution is 2.19. The van der Waals surface area contributed by atoms with E-state index >= 15 is 0 Å². The van der Waals surface area contributed by atoms with Gasteiger partial charge < -0.3 is 15.0 Å². The van der Waals surface area contributed by atoms with E-state index in [2.05, 4.69) is 21.2 Å². The summed E-state index contributed by atoms with van der Waals surface area (Å²) < 4.78 is 6.59. The van der Waals surface area contributed by atoms with E-state index in [1.165, 1.54) is 5.56 Å². The highest BCUT2D eigenvalue weighted by atomic mass is 79.9. The van der Waals surface area contributed by atoms with Gasteiger partial charge in [-0.25, -0.2) is 0 Å². The summed E-state index contributed by atoms with van der Waals surface area (Å²) in [5.74, 6) is 0.642. The Balaban J connectivity index is 1.44. The first-order valence-electron chi connectivity index (χ1n) is 9.46. The lowest BCUT2D eigenvalue weighted by Gasteiger charge is -2.32. The van der Waals surface area contributed by atoms with E-state index in [4.69, 9.17) is 4.74 Å². The summed E-state index contributed by atoms with van der Waals surface area (Å²) >= 11 is 3.38. The molecule has 0 aliphatic carbocycles. The fourth-order valence-corrected chi connectivity index (χ4v) is 3.64. The number of hydrogen-bond donors (Lipinski definition) is 1. The lowest BCUT2D eigenvalue weighted by atomic mass is 10.0. The Kier molecular flexibility index (Phi) is 6.73. The minimum Gasteiger partial charge on any atom is -0.484 e. The zero-order valence-electron chi connectivity index (χ0n) is 16.2. The number of benzene rings is 2. The number of amides is 2. The Morgan fingerprint density at radius 1 is 1.11 bits per heavy atom. The van der Waals surface area contributed by atoms with Crippen molar-refractivity contribution in [3.63, 3.8) is 0 Å². The predicted molar refractivity (Wildman–Crippen MR) is 113 cm³/mol. The maximum absolute atomic E-state index is 12.6. The highest BCUT2D eigenvalue weighted by Gasteiger charge is 2.24. The number of nitrogens with zero attached hydrogens (tertiary/aromatic N) is 1. The molecule has 5 nitrogen and oxygen atoms in total. The molecule has 0 atom stereocenters. The van der Waals surface area contributed by atoms with Crippen molar-refractivity contribution in [2.24, 2.45) is 0 Å². The number of hydrogen-bond acceptors (Lipinski definition) is 3. The van der Waals surface area contributed by atoms with E-state index in [1.807, 2.05) is 61.2 Å².